The van der Waals surface area contributed by atoms with Gasteiger partial charge in [0.2, 0.25) is 0 Å². The van der Waals surface area contributed by atoms with E-state index < -0.39 is 0 Å². The Morgan fingerprint density at radius 3 is 1.39 bits per heavy atom. The molecule has 0 amide bonds. The van der Waals surface area contributed by atoms with Crippen LogP contribution in [-0.2, 0) is 21.7 Å². The van der Waals surface area contributed by atoms with E-state index in [1.54, 1.807) is 0 Å². The summed E-state index contributed by atoms with van der Waals surface area (Å²) < 4.78 is 0. The molecular formula is C13H29Cl2PSiTi-5. The van der Waals surface area contributed by atoms with Gasteiger partial charge >= 0.3 is 21.7 Å². The molecule has 0 bridgehead atoms. The van der Waals surface area contributed by atoms with Gasteiger partial charge in [-0.1, -0.05) is 13.1 Å². The van der Waals surface area contributed by atoms with Crippen LogP contribution in [0.5, 0.6) is 0 Å². The predicted molar refractivity (Wildman–Crippen MR) is 83.5 cm³/mol. The summed E-state index contributed by atoms with van der Waals surface area (Å²) in [6, 6.07) is 0. The molecule has 0 nitrogen and oxygen atoms in total. The zero-order chi connectivity index (χ0) is 8.69. The van der Waals surface area contributed by atoms with Gasteiger partial charge in [-0.25, -0.2) is 12.2 Å². The van der Waals surface area contributed by atoms with Crippen LogP contribution in [0.3, 0.4) is 0 Å². The first-order valence-corrected chi connectivity index (χ1v) is 9.41. The Morgan fingerprint density at radius 1 is 1.00 bits per heavy atom. The first-order valence-electron chi connectivity index (χ1n) is 3.84. The van der Waals surface area contributed by atoms with Crippen molar-refractivity contribution >= 4 is 15.9 Å². The molecule has 0 saturated heterocycles. The molecule has 0 aromatic rings. The Labute approximate surface area is 148 Å². The van der Waals surface area contributed by atoms with Gasteiger partial charge in [0, 0.05) is 0 Å². The minimum absolute atomic E-state index is 0. The van der Waals surface area contributed by atoms with E-state index in [2.05, 4.69) is 38.6 Å². The number of hydrogen-bond donors (Lipinski definition) is 0. The largest absolute Gasteiger partial charge is 2.00 e. The normalized spacial score (nSPS) is 8.56. The fourth-order valence-electron chi connectivity index (χ4n) is 0.340. The standard InChI is InChI=1S/C5H5.C4H12PSi.4CH3.2ClH.Ti/c1-2-4-5-3-1;1-5(2)6(3)4;;;;;;;/h1-3H,4H2;1-4H3;4*1H3;2*1H;/q-1;;4*-1;;;+2/p-2. The van der Waals surface area contributed by atoms with Gasteiger partial charge in [-0.15, -0.1) is 13.9 Å². The van der Waals surface area contributed by atoms with Crippen molar-refractivity contribution in [2.24, 2.45) is 0 Å². The molecule has 1 radical (unpaired) electrons. The van der Waals surface area contributed by atoms with Crippen LogP contribution in [0.4, 0.5) is 0 Å². The zero-order valence-electron chi connectivity index (χ0n) is 13.1. The second-order valence-electron chi connectivity index (χ2n) is 2.84. The van der Waals surface area contributed by atoms with Crippen molar-refractivity contribution in [1.29, 1.82) is 0 Å². The van der Waals surface area contributed by atoms with Crippen molar-refractivity contribution in [3.05, 3.63) is 54.0 Å². The number of allylic oxidation sites excluding steroid dienone is 4. The molecule has 0 atom stereocenters. The Hall–Kier alpha value is 1.42. The molecule has 1 aliphatic rings. The molecule has 0 N–H and O–H groups in total. The van der Waals surface area contributed by atoms with Crippen molar-refractivity contribution < 1.29 is 46.5 Å². The van der Waals surface area contributed by atoms with Crippen molar-refractivity contribution in [3.63, 3.8) is 0 Å². The third-order valence-corrected chi connectivity index (χ3v) is 8.64. The van der Waals surface area contributed by atoms with E-state index in [1.807, 2.05) is 12.2 Å². The molecule has 0 saturated carbocycles. The molecular weight excluding hydrogens is 334 g/mol. The minimum Gasteiger partial charge on any atom is -1.00 e. The van der Waals surface area contributed by atoms with Gasteiger partial charge in [0.05, 0.1) is 8.46 Å². The summed E-state index contributed by atoms with van der Waals surface area (Å²) in [7, 11) is 0.556. The number of rotatable bonds is 1. The van der Waals surface area contributed by atoms with E-state index in [0.717, 1.165) is 6.42 Å². The smallest absolute Gasteiger partial charge is 1.00 e. The van der Waals surface area contributed by atoms with Crippen LogP contribution in [0.25, 0.3) is 0 Å². The first kappa shape index (κ1) is 50.5. The Kier molecular flexibility index (Phi) is 102. The maximum atomic E-state index is 2.99. The first-order chi connectivity index (χ1) is 5.14. The Morgan fingerprint density at radius 2 is 1.33 bits per heavy atom. The van der Waals surface area contributed by atoms with Crippen molar-refractivity contribution in [3.8, 4) is 0 Å². The molecule has 0 spiro atoms. The third kappa shape index (κ3) is 43.3. The average molecular weight is 363 g/mol. The van der Waals surface area contributed by atoms with Crippen LogP contribution >= 0.6 is 7.47 Å². The average Bonchev–Trinajstić information content (AvgIpc) is 2.41. The van der Waals surface area contributed by atoms with Gasteiger partial charge in [0.15, 0.2) is 0 Å². The molecule has 0 aromatic heterocycles. The summed E-state index contributed by atoms with van der Waals surface area (Å²) in [4.78, 5) is 0. The maximum Gasteiger partial charge on any atom is 2.00 e. The van der Waals surface area contributed by atoms with Gasteiger partial charge in [-0.3, -0.25) is 6.08 Å². The molecule has 0 aromatic carbocycles. The quantitative estimate of drug-likeness (QED) is 0.322. The topological polar surface area (TPSA) is 0 Å². The van der Waals surface area contributed by atoms with E-state index in [0.29, 0.717) is 7.47 Å². The second kappa shape index (κ2) is 36.2. The van der Waals surface area contributed by atoms with Crippen molar-refractivity contribution in [2.75, 3.05) is 13.3 Å². The predicted octanol–water partition coefficient (Wildman–Crippen LogP) is -0.909. The van der Waals surface area contributed by atoms with E-state index in [1.165, 1.54) is 0 Å². The molecule has 1 aliphatic carbocycles. The van der Waals surface area contributed by atoms with Gasteiger partial charge in [0.1, 0.15) is 0 Å². The molecule has 113 valence electrons. The third-order valence-electron chi connectivity index (χ3n) is 1.48. The van der Waals surface area contributed by atoms with Crippen molar-refractivity contribution in [2.45, 2.75) is 19.5 Å². The van der Waals surface area contributed by atoms with Crippen molar-refractivity contribution in [1.82, 2.24) is 0 Å². The maximum absolute atomic E-state index is 2.99. The fourth-order valence-corrected chi connectivity index (χ4v) is 0.340. The summed E-state index contributed by atoms with van der Waals surface area (Å²) >= 11 is 0. The van der Waals surface area contributed by atoms with Gasteiger partial charge in [-0.2, -0.15) is 6.08 Å². The molecule has 18 heavy (non-hydrogen) atoms. The molecule has 1 rings (SSSR count). The van der Waals surface area contributed by atoms with Crippen LogP contribution in [0, 0.1) is 35.8 Å². The molecule has 0 unspecified atom stereocenters. The Balaban J connectivity index is -0.0000000134. The van der Waals surface area contributed by atoms with Gasteiger partial charge in [-0.05, 0) is 13.3 Å². The fraction of sp³-hybridized carbons (Fsp3) is 0.385. The van der Waals surface area contributed by atoms with Crippen LogP contribution in [0.2, 0.25) is 13.1 Å². The molecule has 5 heteroatoms. The molecule has 0 heterocycles. The summed E-state index contributed by atoms with van der Waals surface area (Å²) in [5.41, 5.74) is 0. The monoisotopic (exact) mass is 362 g/mol. The van der Waals surface area contributed by atoms with Crippen LogP contribution < -0.4 is 24.8 Å². The minimum atomic E-state index is 0. The summed E-state index contributed by atoms with van der Waals surface area (Å²) in [6.07, 6.45) is 10.0. The Bertz CT molecular complexity index is 136. The number of halogens is 2. The molecule has 0 aliphatic heterocycles. The van der Waals surface area contributed by atoms with E-state index in [9.17, 15) is 0 Å². The summed E-state index contributed by atoms with van der Waals surface area (Å²) in [5.74, 6) is 0. The van der Waals surface area contributed by atoms with E-state index in [-0.39, 0.29) is 84.7 Å². The number of hydrogen-bond acceptors (Lipinski definition) is 0. The summed E-state index contributed by atoms with van der Waals surface area (Å²) in [5, 5.41) is 0. The van der Waals surface area contributed by atoms with E-state index >= 15 is 0 Å². The SMILES string of the molecule is C[Si](C)P(C)C.[C-]1=CC=CC1.[CH3-].[CH3-].[CH3-].[CH3-].[Cl-].[Cl-].[Ti+2]. The van der Waals surface area contributed by atoms with Crippen LogP contribution in [-0.4, -0.2) is 21.8 Å². The van der Waals surface area contributed by atoms with Crippen LogP contribution in [0.1, 0.15) is 6.42 Å². The second-order valence-corrected chi connectivity index (χ2v) is 11.9. The summed E-state index contributed by atoms with van der Waals surface area (Å²) in [6.45, 7) is 9.44. The van der Waals surface area contributed by atoms with E-state index in [4.69, 9.17) is 0 Å². The zero-order valence-corrected chi connectivity index (χ0v) is 18.1. The van der Waals surface area contributed by atoms with Gasteiger partial charge < -0.3 is 54.5 Å². The van der Waals surface area contributed by atoms with Gasteiger partial charge in [0.25, 0.3) is 0 Å². The van der Waals surface area contributed by atoms with Crippen LogP contribution in [0.15, 0.2) is 18.2 Å². The molecule has 0 fully saturated rings.